The molecular formula is C17H15F3N2O2. The zero-order valence-corrected chi connectivity index (χ0v) is 12.8. The summed E-state index contributed by atoms with van der Waals surface area (Å²) in [5.41, 5.74) is 0.331. The summed E-state index contributed by atoms with van der Waals surface area (Å²) >= 11 is 0. The summed E-state index contributed by atoms with van der Waals surface area (Å²) in [6.07, 6.45) is 2.88. The number of ether oxygens (including phenoxy) is 1. The largest absolute Gasteiger partial charge is 0.479 e. The quantitative estimate of drug-likeness (QED) is 0.854. The molecule has 1 N–H and O–H groups in total. The van der Waals surface area contributed by atoms with E-state index in [0.717, 1.165) is 12.1 Å². The Kier molecular flexibility index (Phi) is 4.42. The number of pyridine rings is 1. The fourth-order valence-corrected chi connectivity index (χ4v) is 2.49. The second-order valence-corrected chi connectivity index (χ2v) is 5.70. The Labute approximate surface area is 136 Å². The van der Waals surface area contributed by atoms with Crippen LogP contribution in [0, 0.1) is 17.5 Å². The van der Waals surface area contributed by atoms with E-state index in [2.05, 4.69) is 10.3 Å². The summed E-state index contributed by atoms with van der Waals surface area (Å²) in [6, 6.07) is 5.05. The van der Waals surface area contributed by atoms with E-state index in [0.29, 0.717) is 17.7 Å². The van der Waals surface area contributed by atoms with E-state index in [1.165, 1.54) is 6.20 Å². The number of nitrogens with zero attached hydrogens (tertiary/aromatic N) is 1. The zero-order chi connectivity index (χ0) is 17.3. The lowest BCUT2D eigenvalue weighted by atomic mass is 10.1. The van der Waals surface area contributed by atoms with E-state index in [1.807, 2.05) is 0 Å². The molecule has 1 saturated carbocycles. The lowest BCUT2D eigenvalue weighted by molar-refractivity contribution is -0.127. The molecular weight excluding hydrogens is 321 g/mol. The van der Waals surface area contributed by atoms with Gasteiger partial charge >= 0.3 is 0 Å². The molecule has 0 saturated heterocycles. The molecule has 2 aromatic rings. The molecule has 7 heteroatoms. The van der Waals surface area contributed by atoms with E-state index < -0.39 is 23.6 Å². The van der Waals surface area contributed by atoms with Gasteiger partial charge in [0.15, 0.2) is 23.6 Å². The number of carbonyl (C=O) groups is 1. The number of benzene rings is 1. The normalized spacial score (nSPS) is 20.3. The molecule has 1 heterocycles. The minimum absolute atomic E-state index is 0.232. The molecule has 4 nitrogen and oxygen atoms in total. The van der Waals surface area contributed by atoms with Crippen LogP contribution < -0.4 is 10.1 Å². The SMILES string of the molecule is CC(Oc1cccnc1)C(=O)N[C@@H]1C[C@H]1c1cc(F)c(F)c(F)c1. The van der Waals surface area contributed by atoms with E-state index >= 15 is 0 Å². The highest BCUT2D eigenvalue weighted by Crippen LogP contribution is 2.41. The van der Waals surface area contributed by atoms with Gasteiger partial charge in [-0.05, 0) is 43.2 Å². The summed E-state index contributed by atoms with van der Waals surface area (Å²) in [6.45, 7) is 1.59. The molecule has 1 fully saturated rings. The maximum atomic E-state index is 13.3. The van der Waals surface area contributed by atoms with Crippen LogP contribution in [0.15, 0.2) is 36.7 Å². The van der Waals surface area contributed by atoms with Gasteiger partial charge in [-0.3, -0.25) is 9.78 Å². The Morgan fingerprint density at radius 1 is 1.33 bits per heavy atom. The van der Waals surface area contributed by atoms with Crippen LogP contribution in [0.3, 0.4) is 0 Å². The van der Waals surface area contributed by atoms with Crippen molar-refractivity contribution in [1.29, 1.82) is 0 Å². The summed E-state index contributed by atoms with van der Waals surface area (Å²) < 4.78 is 44.9. The van der Waals surface area contributed by atoms with Crippen molar-refractivity contribution in [2.75, 3.05) is 0 Å². The molecule has 0 bridgehead atoms. The zero-order valence-electron chi connectivity index (χ0n) is 12.8. The lowest BCUT2D eigenvalue weighted by Crippen LogP contribution is -2.38. The van der Waals surface area contributed by atoms with Crippen LogP contribution in [0.25, 0.3) is 0 Å². The molecule has 3 rings (SSSR count). The van der Waals surface area contributed by atoms with E-state index in [9.17, 15) is 18.0 Å². The van der Waals surface area contributed by atoms with Crippen molar-refractivity contribution in [2.24, 2.45) is 0 Å². The van der Waals surface area contributed by atoms with E-state index in [1.54, 1.807) is 25.3 Å². The molecule has 1 aliphatic rings. The molecule has 24 heavy (non-hydrogen) atoms. The van der Waals surface area contributed by atoms with Crippen molar-refractivity contribution < 1.29 is 22.7 Å². The molecule has 126 valence electrons. The van der Waals surface area contributed by atoms with Gasteiger partial charge in [-0.1, -0.05) is 0 Å². The average molecular weight is 336 g/mol. The maximum Gasteiger partial charge on any atom is 0.261 e. The number of halogens is 3. The van der Waals surface area contributed by atoms with Crippen LogP contribution in [-0.4, -0.2) is 23.0 Å². The van der Waals surface area contributed by atoms with Crippen molar-refractivity contribution in [3.63, 3.8) is 0 Å². The molecule has 1 aromatic heterocycles. The third-order valence-corrected chi connectivity index (χ3v) is 3.87. The van der Waals surface area contributed by atoms with E-state index in [4.69, 9.17) is 4.74 Å². The van der Waals surface area contributed by atoms with Crippen LogP contribution in [0.4, 0.5) is 13.2 Å². The van der Waals surface area contributed by atoms with Gasteiger partial charge in [-0.15, -0.1) is 0 Å². The van der Waals surface area contributed by atoms with Gasteiger partial charge in [0.05, 0.1) is 6.20 Å². The van der Waals surface area contributed by atoms with E-state index in [-0.39, 0.29) is 17.9 Å². The first-order chi connectivity index (χ1) is 11.5. The van der Waals surface area contributed by atoms with Gasteiger partial charge in [0.1, 0.15) is 5.75 Å². The highest BCUT2D eigenvalue weighted by Gasteiger charge is 2.41. The molecule has 3 atom stereocenters. The van der Waals surface area contributed by atoms with Crippen molar-refractivity contribution in [1.82, 2.24) is 10.3 Å². The Hall–Kier alpha value is -2.57. The standard InChI is InChI=1S/C17H15F3N2O2/c1-9(24-11-3-2-4-21-8-11)17(23)22-15-7-12(15)10-5-13(18)16(20)14(19)6-10/h2-6,8-9,12,15H,7H2,1H3,(H,22,23)/t9?,12-,15+/m0/s1. The Bertz CT molecular complexity index is 732. The number of carbonyl (C=O) groups excluding carboxylic acids is 1. The Balaban J connectivity index is 1.57. The minimum atomic E-state index is -1.49. The first-order valence-corrected chi connectivity index (χ1v) is 7.47. The third-order valence-electron chi connectivity index (χ3n) is 3.87. The summed E-state index contributed by atoms with van der Waals surface area (Å²) in [5.74, 6) is -4.04. The molecule has 1 unspecified atom stereocenters. The Morgan fingerprint density at radius 3 is 2.67 bits per heavy atom. The molecule has 0 spiro atoms. The van der Waals surface area contributed by atoms with Crippen LogP contribution in [0.2, 0.25) is 0 Å². The van der Waals surface area contributed by atoms with Crippen LogP contribution in [0.5, 0.6) is 5.75 Å². The van der Waals surface area contributed by atoms with Gasteiger partial charge < -0.3 is 10.1 Å². The smallest absolute Gasteiger partial charge is 0.261 e. The molecule has 1 aromatic carbocycles. The number of rotatable bonds is 5. The average Bonchev–Trinajstić information content (AvgIpc) is 3.32. The predicted molar refractivity (Wildman–Crippen MR) is 79.9 cm³/mol. The number of aromatic nitrogens is 1. The van der Waals surface area contributed by atoms with Gasteiger partial charge in [0, 0.05) is 18.2 Å². The Morgan fingerprint density at radius 2 is 2.04 bits per heavy atom. The first-order valence-electron chi connectivity index (χ1n) is 7.47. The van der Waals surface area contributed by atoms with Gasteiger partial charge in [-0.2, -0.15) is 0 Å². The molecule has 0 aliphatic heterocycles. The van der Waals surface area contributed by atoms with Crippen molar-refractivity contribution >= 4 is 5.91 Å². The molecule has 1 aliphatic carbocycles. The number of amides is 1. The highest BCUT2D eigenvalue weighted by molar-refractivity contribution is 5.81. The predicted octanol–water partition coefficient (Wildman–Crippen LogP) is 2.94. The number of nitrogens with one attached hydrogen (secondary N) is 1. The highest BCUT2D eigenvalue weighted by atomic mass is 19.2. The number of hydrogen-bond acceptors (Lipinski definition) is 3. The van der Waals surface area contributed by atoms with Crippen LogP contribution in [0.1, 0.15) is 24.8 Å². The first kappa shape index (κ1) is 16.3. The second kappa shape index (κ2) is 6.51. The van der Waals surface area contributed by atoms with Crippen LogP contribution >= 0.6 is 0 Å². The second-order valence-electron chi connectivity index (χ2n) is 5.70. The number of hydrogen-bond donors (Lipinski definition) is 1. The topological polar surface area (TPSA) is 51.2 Å². The van der Waals surface area contributed by atoms with Crippen molar-refractivity contribution in [3.8, 4) is 5.75 Å². The third kappa shape index (κ3) is 3.50. The monoisotopic (exact) mass is 336 g/mol. The van der Waals surface area contributed by atoms with Crippen molar-refractivity contribution in [3.05, 3.63) is 59.7 Å². The van der Waals surface area contributed by atoms with Crippen molar-refractivity contribution in [2.45, 2.75) is 31.4 Å². The summed E-state index contributed by atoms with van der Waals surface area (Å²) in [4.78, 5) is 16.0. The fraction of sp³-hybridized carbons (Fsp3) is 0.294. The summed E-state index contributed by atoms with van der Waals surface area (Å²) in [7, 11) is 0. The minimum Gasteiger partial charge on any atom is -0.479 e. The molecule has 1 amide bonds. The lowest BCUT2D eigenvalue weighted by Gasteiger charge is -2.14. The van der Waals surface area contributed by atoms with Gasteiger partial charge in [0.2, 0.25) is 0 Å². The summed E-state index contributed by atoms with van der Waals surface area (Å²) in [5, 5.41) is 2.75. The molecule has 0 radical (unpaired) electrons. The maximum absolute atomic E-state index is 13.3. The van der Waals surface area contributed by atoms with Crippen LogP contribution in [-0.2, 0) is 4.79 Å². The van der Waals surface area contributed by atoms with Gasteiger partial charge in [0.25, 0.3) is 5.91 Å². The van der Waals surface area contributed by atoms with Gasteiger partial charge in [-0.25, -0.2) is 13.2 Å². The fourth-order valence-electron chi connectivity index (χ4n) is 2.49.